The quantitative estimate of drug-likeness (QED) is 0.658. The molecule has 0 aliphatic rings. The average Bonchev–Trinajstić information content (AvgIpc) is 2.92. The van der Waals surface area contributed by atoms with Crippen molar-refractivity contribution in [2.24, 2.45) is 5.92 Å². The van der Waals surface area contributed by atoms with Crippen LogP contribution in [0.3, 0.4) is 0 Å². The molecule has 0 bridgehead atoms. The van der Waals surface area contributed by atoms with Crippen LogP contribution in [-0.2, 0) is 6.54 Å². The summed E-state index contributed by atoms with van der Waals surface area (Å²) in [6.45, 7) is 6.67. The highest BCUT2D eigenvalue weighted by Gasteiger charge is 2.14. The van der Waals surface area contributed by atoms with Crippen molar-refractivity contribution in [3.8, 4) is 0 Å². The van der Waals surface area contributed by atoms with Gasteiger partial charge in [-0.25, -0.2) is 9.78 Å². The van der Waals surface area contributed by atoms with Crippen molar-refractivity contribution in [3.05, 3.63) is 52.1 Å². The van der Waals surface area contributed by atoms with Crippen molar-refractivity contribution in [2.45, 2.75) is 27.3 Å². The maximum atomic E-state index is 12.3. The number of hydrogen-bond acceptors (Lipinski definition) is 4. The molecule has 0 unspecified atom stereocenters. The van der Waals surface area contributed by atoms with Gasteiger partial charge in [0.15, 0.2) is 5.65 Å². The minimum atomic E-state index is -0.175. The van der Waals surface area contributed by atoms with Crippen LogP contribution >= 0.6 is 0 Å². The van der Waals surface area contributed by atoms with E-state index in [1.54, 1.807) is 29.9 Å². The van der Waals surface area contributed by atoms with E-state index in [4.69, 9.17) is 0 Å². The van der Waals surface area contributed by atoms with Gasteiger partial charge in [0, 0.05) is 31.0 Å². The fourth-order valence-electron chi connectivity index (χ4n) is 2.88. The number of benzene rings is 1. The number of fused-ring (bicyclic) bond motifs is 1. The second kappa shape index (κ2) is 7.03. The van der Waals surface area contributed by atoms with E-state index in [9.17, 15) is 9.59 Å². The molecule has 2 heterocycles. The van der Waals surface area contributed by atoms with Crippen molar-refractivity contribution >= 4 is 28.4 Å². The Balaban J connectivity index is 2.05. The molecule has 0 aliphatic heterocycles. The lowest BCUT2D eigenvalue weighted by molar-refractivity contribution is 0.0963. The molecule has 0 spiro atoms. The fourth-order valence-corrected chi connectivity index (χ4v) is 2.88. The highest BCUT2D eigenvalue weighted by Crippen LogP contribution is 2.26. The monoisotopic (exact) mass is 353 g/mol. The van der Waals surface area contributed by atoms with Gasteiger partial charge in [0.2, 0.25) is 0 Å². The predicted molar refractivity (Wildman–Crippen MR) is 103 cm³/mol. The molecule has 0 radical (unpaired) electrons. The number of amides is 1. The number of aromatic nitrogens is 3. The number of nitrogens with one attached hydrogen (secondary N) is 3. The van der Waals surface area contributed by atoms with Gasteiger partial charge in [0.1, 0.15) is 5.52 Å². The molecule has 2 aromatic heterocycles. The molecular formula is C19H23N5O2. The molecule has 0 atom stereocenters. The first-order valence-electron chi connectivity index (χ1n) is 8.58. The second-order valence-corrected chi connectivity index (χ2v) is 6.73. The summed E-state index contributed by atoms with van der Waals surface area (Å²) in [7, 11) is 1.60. The Morgan fingerprint density at radius 1 is 1.27 bits per heavy atom. The van der Waals surface area contributed by atoms with Crippen LogP contribution in [0.4, 0.5) is 11.4 Å². The fraction of sp³-hybridized carbons (Fsp3) is 0.316. The molecule has 3 N–H and O–H groups in total. The summed E-state index contributed by atoms with van der Waals surface area (Å²) in [4.78, 5) is 31.5. The lowest BCUT2D eigenvalue weighted by Crippen LogP contribution is -2.19. The van der Waals surface area contributed by atoms with Gasteiger partial charge < -0.3 is 15.6 Å². The van der Waals surface area contributed by atoms with Crippen molar-refractivity contribution in [2.75, 3.05) is 12.4 Å². The highest BCUT2D eigenvalue weighted by atomic mass is 16.2. The van der Waals surface area contributed by atoms with Crippen LogP contribution in [0.25, 0.3) is 11.2 Å². The zero-order valence-electron chi connectivity index (χ0n) is 15.4. The molecule has 26 heavy (non-hydrogen) atoms. The number of hydrogen-bond donors (Lipinski definition) is 3. The number of carbonyl (C=O) groups excluding carboxylic acids is 1. The van der Waals surface area contributed by atoms with E-state index in [0.29, 0.717) is 29.2 Å². The highest BCUT2D eigenvalue weighted by molar-refractivity contribution is 5.96. The van der Waals surface area contributed by atoms with Crippen LogP contribution in [0.15, 0.2) is 35.3 Å². The number of carbonyl (C=O) groups is 1. The normalized spacial score (nSPS) is 11.1. The van der Waals surface area contributed by atoms with Crippen molar-refractivity contribution < 1.29 is 4.79 Å². The first-order chi connectivity index (χ1) is 12.4. The van der Waals surface area contributed by atoms with E-state index in [0.717, 1.165) is 16.9 Å². The second-order valence-electron chi connectivity index (χ2n) is 6.73. The third kappa shape index (κ3) is 3.33. The van der Waals surface area contributed by atoms with Gasteiger partial charge in [0.05, 0.1) is 5.69 Å². The molecule has 7 heteroatoms. The lowest BCUT2D eigenvalue weighted by Gasteiger charge is -2.12. The summed E-state index contributed by atoms with van der Waals surface area (Å²) >= 11 is 0. The van der Waals surface area contributed by atoms with E-state index >= 15 is 0 Å². The summed E-state index contributed by atoms with van der Waals surface area (Å²) in [5.41, 5.74) is 4.20. The van der Waals surface area contributed by atoms with Crippen molar-refractivity contribution in [1.29, 1.82) is 0 Å². The molecular weight excluding hydrogens is 330 g/mol. The minimum Gasteiger partial charge on any atom is -0.355 e. The van der Waals surface area contributed by atoms with Crippen LogP contribution in [0.2, 0.25) is 0 Å². The maximum absolute atomic E-state index is 12.3. The van der Waals surface area contributed by atoms with Crippen molar-refractivity contribution in [1.82, 2.24) is 19.9 Å². The Morgan fingerprint density at radius 3 is 2.73 bits per heavy atom. The maximum Gasteiger partial charge on any atom is 0.327 e. The van der Waals surface area contributed by atoms with Crippen LogP contribution in [0.1, 0.15) is 29.8 Å². The zero-order valence-corrected chi connectivity index (χ0v) is 15.4. The summed E-state index contributed by atoms with van der Waals surface area (Å²) in [5, 5.41) is 5.95. The van der Waals surface area contributed by atoms with E-state index in [-0.39, 0.29) is 11.6 Å². The van der Waals surface area contributed by atoms with Gasteiger partial charge in [-0.2, -0.15) is 0 Å². The lowest BCUT2D eigenvalue weighted by atomic mass is 10.1. The number of pyridine rings is 1. The van der Waals surface area contributed by atoms with Gasteiger partial charge >= 0.3 is 5.69 Å². The SMILES string of the molecule is CNC(=O)c1ccc(C)c(Nc2ccnc3c2[nH]c(=O)n3CC(C)C)c1. The Morgan fingerprint density at radius 2 is 2.04 bits per heavy atom. The number of anilines is 2. The third-order valence-corrected chi connectivity index (χ3v) is 4.21. The van der Waals surface area contributed by atoms with Crippen LogP contribution in [0, 0.1) is 12.8 Å². The Hall–Kier alpha value is -3.09. The van der Waals surface area contributed by atoms with E-state index < -0.39 is 0 Å². The molecule has 1 aromatic carbocycles. The zero-order chi connectivity index (χ0) is 18.8. The van der Waals surface area contributed by atoms with Gasteiger partial charge in [-0.15, -0.1) is 0 Å². The first-order valence-corrected chi connectivity index (χ1v) is 8.58. The topological polar surface area (TPSA) is 91.8 Å². The average molecular weight is 353 g/mol. The van der Waals surface area contributed by atoms with E-state index in [1.165, 1.54) is 0 Å². The molecule has 3 aromatic rings. The predicted octanol–water partition coefficient (Wildman–Crippen LogP) is 2.79. The summed E-state index contributed by atoms with van der Waals surface area (Å²) in [6.07, 6.45) is 1.67. The molecule has 0 saturated heterocycles. The number of nitrogens with zero attached hydrogens (tertiary/aromatic N) is 2. The molecule has 0 aliphatic carbocycles. The Kier molecular flexibility index (Phi) is 4.79. The van der Waals surface area contributed by atoms with E-state index in [1.807, 2.05) is 19.1 Å². The van der Waals surface area contributed by atoms with Crippen LogP contribution in [0.5, 0.6) is 0 Å². The number of aromatic amines is 1. The molecule has 3 rings (SSSR count). The number of aryl methyl sites for hydroxylation is 1. The van der Waals surface area contributed by atoms with Gasteiger partial charge in [-0.05, 0) is 36.6 Å². The summed E-state index contributed by atoms with van der Waals surface area (Å²) in [5.74, 6) is 0.181. The first kappa shape index (κ1) is 17.7. The van der Waals surface area contributed by atoms with Crippen LogP contribution < -0.4 is 16.3 Å². The van der Waals surface area contributed by atoms with Crippen LogP contribution in [-0.4, -0.2) is 27.5 Å². The largest absolute Gasteiger partial charge is 0.355 e. The van der Waals surface area contributed by atoms with Gasteiger partial charge in [0.25, 0.3) is 5.91 Å². The molecule has 0 fully saturated rings. The van der Waals surface area contributed by atoms with Gasteiger partial charge in [-0.3, -0.25) is 9.36 Å². The third-order valence-electron chi connectivity index (χ3n) is 4.21. The minimum absolute atomic E-state index is 0.149. The van der Waals surface area contributed by atoms with Crippen molar-refractivity contribution in [3.63, 3.8) is 0 Å². The molecule has 0 saturated carbocycles. The summed E-state index contributed by atoms with van der Waals surface area (Å²) < 4.78 is 1.65. The molecule has 7 nitrogen and oxygen atoms in total. The number of rotatable bonds is 5. The molecule has 136 valence electrons. The summed E-state index contributed by atoms with van der Waals surface area (Å²) in [6, 6.07) is 7.27. The van der Waals surface area contributed by atoms with Gasteiger partial charge in [-0.1, -0.05) is 19.9 Å². The smallest absolute Gasteiger partial charge is 0.327 e. The standard InChI is InChI=1S/C19H23N5O2/c1-11(2)10-24-17-16(23-19(24)26)14(7-8-21-17)22-15-9-13(18(25)20-4)6-5-12(15)3/h5-9,11H,10H2,1-4H3,(H,20,25)(H,21,22)(H,23,26). The Bertz CT molecular complexity index is 1020. The number of H-pyrrole nitrogens is 1. The Labute approximate surface area is 151 Å². The van der Waals surface area contributed by atoms with E-state index in [2.05, 4.69) is 34.4 Å². The molecule has 1 amide bonds. The number of imidazole rings is 1.